The number of aryl methyl sites for hydroxylation is 2. The average molecular weight is 461 g/mol. The van der Waals surface area contributed by atoms with Crippen LogP contribution in [0, 0.1) is 13.8 Å². The van der Waals surface area contributed by atoms with E-state index in [9.17, 15) is 4.79 Å². The second kappa shape index (κ2) is 9.08. The fourth-order valence-corrected chi connectivity index (χ4v) is 5.42. The molecule has 3 aromatic heterocycles. The number of hydrogen-bond donors (Lipinski definition) is 1. The standard InChI is InChI=1S/C26H28N4O2S/c1-16-24(17(2)30(3)29-16)19-6-4-18(5-7-19)14-20-15-23(28-22-10-13-33-25(20)22)26(31)27-21-8-11-32-12-9-21/h4-7,10,13,15,21H,8-9,11-12,14H2,1-3H3,(H,27,31). The van der Waals surface area contributed by atoms with E-state index >= 15 is 0 Å². The Hall–Kier alpha value is -3.03. The predicted molar refractivity (Wildman–Crippen MR) is 132 cm³/mol. The lowest BCUT2D eigenvalue weighted by atomic mass is 9.99. The van der Waals surface area contributed by atoms with Crippen molar-refractivity contribution in [3.8, 4) is 11.1 Å². The number of rotatable bonds is 5. The van der Waals surface area contributed by atoms with Gasteiger partial charge in [0.25, 0.3) is 5.91 Å². The molecule has 1 aliphatic heterocycles. The van der Waals surface area contributed by atoms with E-state index in [1.165, 1.54) is 16.7 Å². The van der Waals surface area contributed by atoms with Crippen molar-refractivity contribution in [1.29, 1.82) is 0 Å². The Morgan fingerprint density at radius 3 is 2.64 bits per heavy atom. The summed E-state index contributed by atoms with van der Waals surface area (Å²) in [4.78, 5) is 17.6. The van der Waals surface area contributed by atoms with Gasteiger partial charge in [-0.3, -0.25) is 9.48 Å². The first-order valence-corrected chi connectivity index (χ1v) is 12.2. The van der Waals surface area contributed by atoms with Crippen LogP contribution in [0.2, 0.25) is 0 Å². The van der Waals surface area contributed by atoms with Gasteiger partial charge in [0, 0.05) is 37.6 Å². The lowest BCUT2D eigenvalue weighted by molar-refractivity contribution is 0.0694. The maximum atomic E-state index is 12.9. The molecule has 1 saturated heterocycles. The number of carbonyl (C=O) groups excluding carboxylic acids is 1. The third-order valence-corrected chi connectivity index (χ3v) is 7.40. The van der Waals surface area contributed by atoms with Gasteiger partial charge in [-0.05, 0) is 67.3 Å². The fourth-order valence-electron chi connectivity index (χ4n) is 4.57. The first kappa shape index (κ1) is 21.8. The number of aromatic nitrogens is 3. The molecule has 5 rings (SSSR count). The van der Waals surface area contributed by atoms with Gasteiger partial charge in [0.05, 0.1) is 15.9 Å². The first-order chi connectivity index (χ1) is 16.0. The summed E-state index contributed by atoms with van der Waals surface area (Å²) in [6.07, 6.45) is 2.45. The molecule has 0 unspecified atom stereocenters. The zero-order chi connectivity index (χ0) is 22.9. The summed E-state index contributed by atoms with van der Waals surface area (Å²) < 4.78 is 8.47. The van der Waals surface area contributed by atoms with E-state index in [-0.39, 0.29) is 11.9 Å². The van der Waals surface area contributed by atoms with Crippen LogP contribution in [0.3, 0.4) is 0 Å². The summed E-state index contributed by atoms with van der Waals surface area (Å²) in [5.74, 6) is -0.103. The molecular formula is C26H28N4O2S. The van der Waals surface area contributed by atoms with Crippen LogP contribution in [0.4, 0.5) is 0 Å². The molecule has 1 N–H and O–H groups in total. The number of benzene rings is 1. The van der Waals surface area contributed by atoms with Crippen LogP contribution in [-0.2, 0) is 18.2 Å². The SMILES string of the molecule is Cc1nn(C)c(C)c1-c1ccc(Cc2cc(C(=O)NC3CCOCC3)nc3ccsc23)cc1. The molecule has 33 heavy (non-hydrogen) atoms. The number of fused-ring (bicyclic) bond motifs is 1. The molecule has 0 spiro atoms. The predicted octanol–water partition coefficient (Wildman–Crippen LogP) is 4.81. The van der Waals surface area contributed by atoms with Gasteiger partial charge in [0.1, 0.15) is 5.69 Å². The Kier molecular flexibility index (Phi) is 6.00. The number of nitrogens with zero attached hydrogens (tertiary/aromatic N) is 3. The van der Waals surface area contributed by atoms with Gasteiger partial charge in [0.15, 0.2) is 0 Å². The average Bonchev–Trinajstić information content (AvgIpc) is 3.39. The molecule has 0 saturated carbocycles. The van der Waals surface area contributed by atoms with Crippen LogP contribution in [0.15, 0.2) is 41.8 Å². The molecule has 1 aromatic carbocycles. The van der Waals surface area contributed by atoms with Gasteiger partial charge in [-0.2, -0.15) is 5.10 Å². The summed E-state index contributed by atoms with van der Waals surface area (Å²) in [5.41, 5.74) is 8.28. The molecule has 4 heterocycles. The van der Waals surface area contributed by atoms with E-state index in [0.717, 1.165) is 46.4 Å². The molecular weight excluding hydrogens is 432 g/mol. The van der Waals surface area contributed by atoms with Gasteiger partial charge in [-0.25, -0.2) is 4.98 Å². The smallest absolute Gasteiger partial charge is 0.270 e. The molecule has 6 nitrogen and oxygen atoms in total. The summed E-state index contributed by atoms with van der Waals surface area (Å²) in [5, 5.41) is 9.72. The van der Waals surface area contributed by atoms with Crippen molar-refractivity contribution < 1.29 is 9.53 Å². The highest BCUT2D eigenvalue weighted by Crippen LogP contribution is 2.29. The minimum atomic E-state index is -0.103. The minimum absolute atomic E-state index is 0.103. The van der Waals surface area contributed by atoms with E-state index in [0.29, 0.717) is 18.9 Å². The summed E-state index contributed by atoms with van der Waals surface area (Å²) in [7, 11) is 1.98. The largest absolute Gasteiger partial charge is 0.381 e. The van der Waals surface area contributed by atoms with E-state index < -0.39 is 0 Å². The van der Waals surface area contributed by atoms with E-state index in [1.807, 2.05) is 36.2 Å². The molecule has 0 atom stereocenters. The number of thiophene rings is 1. The molecule has 4 aromatic rings. The summed E-state index contributed by atoms with van der Waals surface area (Å²) in [6.45, 7) is 5.54. The second-order valence-corrected chi connectivity index (χ2v) is 9.62. The van der Waals surface area contributed by atoms with Gasteiger partial charge in [-0.1, -0.05) is 24.3 Å². The Bertz CT molecular complexity index is 1300. The number of hydrogen-bond acceptors (Lipinski definition) is 5. The van der Waals surface area contributed by atoms with Crippen molar-refractivity contribution in [3.05, 3.63) is 70.0 Å². The third-order valence-electron chi connectivity index (χ3n) is 6.42. The van der Waals surface area contributed by atoms with E-state index in [2.05, 4.69) is 46.6 Å². The molecule has 170 valence electrons. The Morgan fingerprint density at radius 2 is 1.94 bits per heavy atom. The molecule has 0 bridgehead atoms. The number of carbonyl (C=O) groups is 1. The molecule has 0 radical (unpaired) electrons. The van der Waals surface area contributed by atoms with Gasteiger partial charge in [0.2, 0.25) is 0 Å². The zero-order valence-electron chi connectivity index (χ0n) is 19.2. The summed E-state index contributed by atoms with van der Waals surface area (Å²) >= 11 is 1.67. The van der Waals surface area contributed by atoms with Crippen LogP contribution in [0.5, 0.6) is 0 Å². The number of ether oxygens (including phenoxy) is 1. The van der Waals surface area contributed by atoms with Crippen LogP contribution >= 0.6 is 11.3 Å². The second-order valence-electron chi connectivity index (χ2n) is 8.70. The third kappa shape index (κ3) is 4.43. The number of nitrogens with one attached hydrogen (secondary N) is 1. The maximum absolute atomic E-state index is 12.9. The van der Waals surface area contributed by atoms with Crippen molar-refractivity contribution in [2.45, 2.75) is 39.2 Å². The fraction of sp³-hybridized carbons (Fsp3) is 0.346. The van der Waals surface area contributed by atoms with Gasteiger partial charge < -0.3 is 10.1 Å². The van der Waals surface area contributed by atoms with Crippen LogP contribution in [0.25, 0.3) is 21.3 Å². The van der Waals surface area contributed by atoms with Crippen molar-refractivity contribution >= 4 is 27.5 Å². The highest BCUT2D eigenvalue weighted by atomic mass is 32.1. The van der Waals surface area contributed by atoms with Crippen molar-refractivity contribution in [1.82, 2.24) is 20.1 Å². The number of pyridine rings is 1. The van der Waals surface area contributed by atoms with Crippen LogP contribution in [-0.4, -0.2) is 39.9 Å². The Balaban J connectivity index is 1.40. The van der Waals surface area contributed by atoms with E-state index in [4.69, 9.17) is 4.74 Å². The lowest BCUT2D eigenvalue weighted by Crippen LogP contribution is -2.39. The Labute approximate surface area is 197 Å². The lowest BCUT2D eigenvalue weighted by Gasteiger charge is -2.23. The van der Waals surface area contributed by atoms with E-state index in [1.54, 1.807) is 11.3 Å². The summed E-state index contributed by atoms with van der Waals surface area (Å²) in [6, 6.07) is 12.8. The molecule has 1 fully saturated rings. The molecule has 1 aliphatic rings. The van der Waals surface area contributed by atoms with Gasteiger partial charge >= 0.3 is 0 Å². The monoisotopic (exact) mass is 460 g/mol. The molecule has 0 aliphatic carbocycles. The first-order valence-electron chi connectivity index (χ1n) is 11.3. The minimum Gasteiger partial charge on any atom is -0.381 e. The van der Waals surface area contributed by atoms with Crippen LogP contribution in [0.1, 0.15) is 45.8 Å². The number of amides is 1. The van der Waals surface area contributed by atoms with Gasteiger partial charge in [-0.15, -0.1) is 11.3 Å². The van der Waals surface area contributed by atoms with Crippen LogP contribution < -0.4 is 5.32 Å². The molecule has 1 amide bonds. The molecule has 7 heteroatoms. The Morgan fingerprint density at radius 1 is 1.18 bits per heavy atom. The van der Waals surface area contributed by atoms with Crippen molar-refractivity contribution in [2.24, 2.45) is 7.05 Å². The normalized spacial score (nSPS) is 14.6. The highest BCUT2D eigenvalue weighted by Gasteiger charge is 2.19. The topological polar surface area (TPSA) is 69.0 Å². The maximum Gasteiger partial charge on any atom is 0.270 e. The zero-order valence-corrected chi connectivity index (χ0v) is 20.0. The van der Waals surface area contributed by atoms with Crippen molar-refractivity contribution in [3.63, 3.8) is 0 Å². The van der Waals surface area contributed by atoms with Crippen molar-refractivity contribution in [2.75, 3.05) is 13.2 Å². The highest BCUT2D eigenvalue weighted by molar-refractivity contribution is 7.17. The quantitative estimate of drug-likeness (QED) is 0.464.